The van der Waals surface area contributed by atoms with Crippen LogP contribution in [0.4, 0.5) is 0 Å². The average molecular weight is 469 g/mol. The van der Waals surface area contributed by atoms with Crippen LogP contribution in [0.15, 0.2) is 24.3 Å². The highest BCUT2D eigenvalue weighted by Crippen LogP contribution is 2.35. The van der Waals surface area contributed by atoms with Crippen molar-refractivity contribution in [2.75, 3.05) is 13.2 Å². The zero-order valence-electron chi connectivity index (χ0n) is 19.0. The van der Waals surface area contributed by atoms with Crippen molar-refractivity contribution < 1.29 is 38.2 Å². The Hall–Kier alpha value is -2.74. The quantitative estimate of drug-likeness (QED) is 0.209. The number of halogens is 1. The van der Waals surface area contributed by atoms with Gasteiger partial charge in [-0.15, -0.1) is 0 Å². The standard InChI is InChI=1S/C23H29ClO8/c1-6-30-19(27)11-8-12-23(18(26)14-31-15(2)25,21(29)32-22(3,4)5)20(28)16-9-7-10-17(24)13-16/h7,9-10,13H,6,8,11-12,14H2,1-5H3. The van der Waals surface area contributed by atoms with Gasteiger partial charge in [0, 0.05) is 23.9 Å². The molecule has 0 heterocycles. The van der Waals surface area contributed by atoms with Gasteiger partial charge >= 0.3 is 17.9 Å². The number of hydrogen-bond donors (Lipinski definition) is 0. The predicted molar refractivity (Wildman–Crippen MR) is 116 cm³/mol. The lowest BCUT2D eigenvalue weighted by Gasteiger charge is -2.32. The van der Waals surface area contributed by atoms with E-state index in [2.05, 4.69) is 0 Å². The normalized spacial score (nSPS) is 12.9. The number of carbonyl (C=O) groups is 5. The van der Waals surface area contributed by atoms with Crippen molar-refractivity contribution in [3.63, 3.8) is 0 Å². The Labute approximate surface area is 192 Å². The van der Waals surface area contributed by atoms with Crippen molar-refractivity contribution in [3.05, 3.63) is 34.9 Å². The Morgan fingerprint density at radius 3 is 2.22 bits per heavy atom. The third kappa shape index (κ3) is 7.75. The molecule has 0 fully saturated rings. The van der Waals surface area contributed by atoms with Crippen LogP contribution in [-0.4, -0.2) is 48.3 Å². The number of esters is 3. The second kappa shape index (κ2) is 11.8. The fourth-order valence-electron chi connectivity index (χ4n) is 2.95. The molecule has 0 aliphatic rings. The van der Waals surface area contributed by atoms with Crippen LogP contribution >= 0.6 is 11.6 Å². The molecule has 0 saturated carbocycles. The minimum atomic E-state index is -2.33. The Bertz CT molecular complexity index is 871. The lowest BCUT2D eigenvalue weighted by Crippen LogP contribution is -2.51. The molecule has 9 heteroatoms. The van der Waals surface area contributed by atoms with E-state index < -0.39 is 47.1 Å². The molecule has 0 aliphatic carbocycles. The smallest absolute Gasteiger partial charge is 0.328 e. The highest BCUT2D eigenvalue weighted by molar-refractivity contribution is 6.32. The summed E-state index contributed by atoms with van der Waals surface area (Å²) in [6, 6.07) is 5.78. The molecule has 8 nitrogen and oxygen atoms in total. The topological polar surface area (TPSA) is 113 Å². The molecule has 0 bridgehead atoms. The maximum absolute atomic E-state index is 13.6. The molecule has 1 rings (SSSR count). The first-order chi connectivity index (χ1) is 14.8. The summed E-state index contributed by atoms with van der Waals surface area (Å²) >= 11 is 6.00. The van der Waals surface area contributed by atoms with Crippen LogP contribution in [0.1, 0.15) is 64.2 Å². The number of ether oxygens (including phenoxy) is 3. The Morgan fingerprint density at radius 2 is 1.69 bits per heavy atom. The summed E-state index contributed by atoms with van der Waals surface area (Å²) in [6.07, 6.45) is -0.482. The molecule has 32 heavy (non-hydrogen) atoms. The third-order valence-electron chi connectivity index (χ3n) is 4.34. The van der Waals surface area contributed by atoms with Gasteiger partial charge in [-0.2, -0.15) is 0 Å². The van der Waals surface area contributed by atoms with Gasteiger partial charge < -0.3 is 14.2 Å². The minimum Gasteiger partial charge on any atom is -0.466 e. The van der Waals surface area contributed by atoms with Gasteiger partial charge in [0.05, 0.1) is 6.61 Å². The first kappa shape index (κ1) is 27.3. The van der Waals surface area contributed by atoms with E-state index in [1.165, 1.54) is 24.3 Å². The van der Waals surface area contributed by atoms with E-state index in [0.29, 0.717) is 0 Å². The second-order valence-corrected chi connectivity index (χ2v) is 8.55. The van der Waals surface area contributed by atoms with Gasteiger partial charge in [0.2, 0.25) is 0 Å². The molecular weight excluding hydrogens is 440 g/mol. The Kier molecular flexibility index (Phi) is 10.0. The van der Waals surface area contributed by atoms with Crippen LogP contribution in [0.2, 0.25) is 5.02 Å². The molecular formula is C23H29ClO8. The molecule has 0 radical (unpaired) electrons. The van der Waals surface area contributed by atoms with Crippen molar-refractivity contribution in [1.82, 2.24) is 0 Å². The number of hydrogen-bond acceptors (Lipinski definition) is 8. The van der Waals surface area contributed by atoms with E-state index >= 15 is 0 Å². The van der Waals surface area contributed by atoms with Crippen molar-refractivity contribution in [1.29, 1.82) is 0 Å². The van der Waals surface area contributed by atoms with E-state index in [9.17, 15) is 24.0 Å². The largest absolute Gasteiger partial charge is 0.466 e. The summed E-state index contributed by atoms with van der Waals surface area (Å²) in [5, 5.41) is 0.230. The molecule has 0 aromatic heterocycles. The fourth-order valence-corrected chi connectivity index (χ4v) is 3.14. The van der Waals surface area contributed by atoms with E-state index in [1.54, 1.807) is 27.7 Å². The van der Waals surface area contributed by atoms with Gasteiger partial charge in [-0.1, -0.05) is 23.7 Å². The highest BCUT2D eigenvalue weighted by atomic mass is 35.5. The number of ketones is 2. The van der Waals surface area contributed by atoms with E-state index in [-0.39, 0.29) is 36.5 Å². The van der Waals surface area contributed by atoms with Crippen molar-refractivity contribution in [2.45, 2.75) is 59.5 Å². The molecule has 0 spiro atoms. The van der Waals surface area contributed by atoms with Crippen LogP contribution in [0.25, 0.3) is 0 Å². The Balaban J connectivity index is 3.50. The monoisotopic (exact) mass is 468 g/mol. The zero-order valence-corrected chi connectivity index (χ0v) is 19.7. The van der Waals surface area contributed by atoms with E-state index in [4.69, 9.17) is 25.8 Å². The molecule has 0 aliphatic heterocycles. The zero-order chi connectivity index (χ0) is 24.5. The van der Waals surface area contributed by atoms with Crippen LogP contribution in [0.5, 0.6) is 0 Å². The molecule has 0 saturated heterocycles. The van der Waals surface area contributed by atoms with Gasteiger partial charge in [0.15, 0.2) is 23.6 Å². The molecule has 1 unspecified atom stereocenters. The second-order valence-electron chi connectivity index (χ2n) is 8.11. The first-order valence-corrected chi connectivity index (χ1v) is 10.6. The molecule has 0 amide bonds. The summed E-state index contributed by atoms with van der Waals surface area (Å²) in [6.45, 7) is 6.89. The van der Waals surface area contributed by atoms with Crippen LogP contribution in [0, 0.1) is 5.41 Å². The van der Waals surface area contributed by atoms with Crippen molar-refractivity contribution in [2.24, 2.45) is 5.41 Å². The number of benzene rings is 1. The average Bonchev–Trinajstić information content (AvgIpc) is 2.67. The summed E-state index contributed by atoms with van der Waals surface area (Å²) in [5.41, 5.74) is -3.34. The SMILES string of the molecule is CCOC(=O)CCCC(C(=O)COC(C)=O)(C(=O)OC(C)(C)C)C(=O)c1cccc(Cl)c1. The lowest BCUT2D eigenvalue weighted by molar-refractivity contribution is -0.170. The number of carbonyl (C=O) groups excluding carboxylic acids is 5. The molecule has 1 atom stereocenters. The van der Waals surface area contributed by atoms with E-state index in [0.717, 1.165) is 6.92 Å². The summed E-state index contributed by atoms with van der Waals surface area (Å²) in [7, 11) is 0. The summed E-state index contributed by atoms with van der Waals surface area (Å²) in [4.78, 5) is 63.2. The minimum absolute atomic E-state index is 0.00988. The van der Waals surface area contributed by atoms with Gasteiger partial charge in [-0.05, 0) is 52.7 Å². The van der Waals surface area contributed by atoms with Gasteiger partial charge in [-0.3, -0.25) is 24.0 Å². The Morgan fingerprint density at radius 1 is 1.03 bits per heavy atom. The lowest BCUT2D eigenvalue weighted by atomic mass is 9.72. The third-order valence-corrected chi connectivity index (χ3v) is 4.58. The first-order valence-electron chi connectivity index (χ1n) is 10.2. The fraction of sp³-hybridized carbons (Fsp3) is 0.522. The molecule has 1 aromatic carbocycles. The molecule has 176 valence electrons. The van der Waals surface area contributed by atoms with Crippen molar-refractivity contribution in [3.8, 4) is 0 Å². The summed E-state index contributed by atoms with van der Waals surface area (Å²) in [5.74, 6) is -4.17. The maximum Gasteiger partial charge on any atom is 0.328 e. The highest BCUT2D eigenvalue weighted by Gasteiger charge is 2.54. The summed E-state index contributed by atoms with van der Waals surface area (Å²) < 4.78 is 15.1. The van der Waals surface area contributed by atoms with Gasteiger partial charge in [-0.25, -0.2) is 0 Å². The van der Waals surface area contributed by atoms with Crippen LogP contribution in [0.3, 0.4) is 0 Å². The van der Waals surface area contributed by atoms with Crippen LogP contribution < -0.4 is 0 Å². The molecule has 0 N–H and O–H groups in total. The van der Waals surface area contributed by atoms with Crippen LogP contribution in [-0.2, 0) is 33.4 Å². The molecule has 1 aromatic rings. The number of rotatable bonds is 11. The van der Waals surface area contributed by atoms with Gasteiger partial charge in [0.25, 0.3) is 0 Å². The maximum atomic E-state index is 13.6. The number of Topliss-reactive ketones (excluding diaryl/α,β-unsaturated/α-hetero) is 2. The van der Waals surface area contributed by atoms with Gasteiger partial charge in [0.1, 0.15) is 5.60 Å². The van der Waals surface area contributed by atoms with Crippen molar-refractivity contribution >= 4 is 41.1 Å². The van der Waals surface area contributed by atoms with E-state index in [1.807, 2.05) is 0 Å². The predicted octanol–water partition coefficient (Wildman–Crippen LogP) is 3.72.